The van der Waals surface area contributed by atoms with Crippen molar-refractivity contribution in [1.29, 1.82) is 0 Å². The minimum absolute atomic E-state index is 0.267. The summed E-state index contributed by atoms with van der Waals surface area (Å²) in [6.45, 7) is 1.80. The smallest absolute Gasteiger partial charge is 0.233 e. The fraction of sp³-hybridized carbons (Fsp3) is 0.435. The molecule has 2 aromatic rings. The zero-order chi connectivity index (χ0) is 18.3. The van der Waals surface area contributed by atoms with E-state index in [4.69, 9.17) is 9.47 Å². The molecule has 4 nitrogen and oxygen atoms in total. The van der Waals surface area contributed by atoms with E-state index < -0.39 is 5.41 Å². The monoisotopic (exact) mass is 363 g/mol. The van der Waals surface area contributed by atoms with Crippen LogP contribution in [0.25, 0.3) is 0 Å². The molecule has 1 aliphatic carbocycles. The van der Waals surface area contributed by atoms with E-state index in [1.807, 2.05) is 12.1 Å². The van der Waals surface area contributed by atoms with Crippen molar-refractivity contribution in [2.24, 2.45) is 0 Å². The first kappa shape index (κ1) is 16.7. The first-order valence-corrected chi connectivity index (χ1v) is 10.0. The zero-order valence-corrected chi connectivity index (χ0v) is 15.6. The van der Waals surface area contributed by atoms with Crippen LogP contribution in [0, 0.1) is 0 Å². The summed E-state index contributed by atoms with van der Waals surface area (Å²) >= 11 is 0. The van der Waals surface area contributed by atoms with Crippen molar-refractivity contribution < 1.29 is 14.3 Å². The standard InChI is InChI=1S/C23H25NO3/c25-22(24-13-10-17-6-2-3-7-18(17)15-24)23(11-4-1-5-12-23)19-8-9-20-21(14-19)27-16-26-20/h2-3,6-9,14H,1,4-5,10-13,15-16H2. The third-order valence-electron chi connectivity index (χ3n) is 6.46. The van der Waals surface area contributed by atoms with E-state index >= 15 is 0 Å². The van der Waals surface area contributed by atoms with Crippen LogP contribution in [0.5, 0.6) is 11.5 Å². The highest BCUT2D eigenvalue weighted by molar-refractivity contribution is 5.89. The second kappa shape index (κ2) is 6.59. The quantitative estimate of drug-likeness (QED) is 0.803. The zero-order valence-electron chi connectivity index (χ0n) is 15.6. The molecule has 0 radical (unpaired) electrons. The predicted molar refractivity (Wildman–Crippen MR) is 103 cm³/mol. The predicted octanol–water partition coefficient (Wildman–Crippen LogP) is 4.20. The number of carbonyl (C=O) groups excluding carboxylic acids is 1. The van der Waals surface area contributed by atoms with Gasteiger partial charge in [-0.3, -0.25) is 4.79 Å². The van der Waals surface area contributed by atoms with Crippen molar-refractivity contribution in [3.05, 3.63) is 59.2 Å². The number of ether oxygens (including phenoxy) is 2. The maximum Gasteiger partial charge on any atom is 0.233 e. The van der Waals surface area contributed by atoms with Crippen LogP contribution >= 0.6 is 0 Å². The molecular formula is C23H25NO3. The van der Waals surface area contributed by atoms with Gasteiger partial charge in [0, 0.05) is 13.1 Å². The minimum atomic E-state index is -0.425. The molecule has 0 N–H and O–H groups in total. The second-order valence-electron chi connectivity index (χ2n) is 7.96. The molecule has 0 aromatic heterocycles. The maximum absolute atomic E-state index is 13.8. The van der Waals surface area contributed by atoms with Gasteiger partial charge in [0.1, 0.15) is 0 Å². The number of nitrogens with zero attached hydrogens (tertiary/aromatic N) is 1. The fourth-order valence-corrected chi connectivity index (χ4v) is 4.95. The third-order valence-corrected chi connectivity index (χ3v) is 6.46. The lowest BCUT2D eigenvalue weighted by Crippen LogP contribution is -2.49. The molecule has 3 aliphatic rings. The molecular weight excluding hydrogens is 338 g/mol. The number of hydrogen-bond donors (Lipinski definition) is 0. The van der Waals surface area contributed by atoms with Gasteiger partial charge in [-0.05, 0) is 48.1 Å². The summed E-state index contributed by atoms with van der Waals surface area (Å²) in [5.74, 6) is 1.84. The first-order chi connectivity index (χ1) is 13.3. The molecule has 0 bridgehead atoms. The van der Waals surface area contributed by atoms with Gasteiger partial charge in [0.25, 0.3) is 0 Å². The van der Waals surface area contributed by atoms with E-state index in [9.17, 15) is 4.79 Å². The topological polar surface area (TPSA) is 38.8 Å². The van der Waals surface area contributed by atoms with Crippen molar-refractivity contribution in [2.45, 2.75) is 50.5 Å². The molecule has 2 heterocycles. The molecule has 0 spiro atoms. The van der Waals surface area contributed by atoms with Gasteiger partial charge in [0.15, 0.2) is 11.5 Å². The van der Waals surface area contributed by atoms with Crippen LogP contribution in [0.2, 0.25) is 0 Å². The lowest BCUT2D eigenvalue weighted by molar-refractivity contribution is -0.139. The highest BCUT2D eigenvalue weighted by Gasteiger charge is 2.44. The molecule has 27 heavy (non-hydrogen) atoms. The third kappa shape index (κ3) is 2.78. The van der Waals surface area contributed by atoms with Crippen LogP contribution in [0.15, 0.2) is 42.5 Å². The van der Waals surface area contributed by atoms with E-state index in [0.717, 1.165) is 62.3 Å². The summed E-state index contributed by atoms with van der Waals surface area (Å²) in [4.78, 5) is 15.9. The molecule has 2 aliphatic heterocycles. The SMILES string of the molecule is O=C(N1CCc2ccccc2C1)C1(c2ccc3c(c2)OCO3)CCCCC1. The Morgan fingerprint density at radius 2 is 1.70 bits per heavy atom. The van der Waals surface area contributed by atoms with Gasteiger partial charge < -0.3 is 14.4 Å². The Kier molecular flexibility index (Phi) is 4.07. The number of amides is 1. The number of fused-ring (bicyclic) bond motifs is 2. The number of carbonyl (C=O) groups is 1. The van der Waals surface area contributed by atoms with Crippen LogP contribution < -0.4 is 9.47 Å². The summed E-state index contributed by atoms with van der Waals surface area (Å²) in [5.41, 5.74) is 3.33. The van der Waals surface area contributed by atoms with E-state index in [-0.39, 0.29) is 12.7 Å². The van der Waals surface area contributed by atoms with Crippen molar-refractivity contribution in [1.82, 2.24) is 4.90 Å². The molecule has 0 unspecified atom stereocenters. The van der Waals surface area contributed by atoms with Gasteiger partial charge in [-0.25, -0.2) is 0 Å². The summed E-state index contributed by atoms with van der Waals surface area (Å²) in [6.07, 6.45) is 6.20. The number of benzene rings is 2. The van der Waals surface area contributed by atoms with Crippen LogP contribution in [-0.2, 0) is 23.2 Å². The van der Waals surface area contributed by atoms with Gasteiger partial charge in [0.2, 0.25) is 12.7 Å². The second-order valence-corrected chi connectivity index (χ2v) is 7.96. The maximum atomic E-state index is 13.8. The molecule has 4 heteroatoms. The Morgan fingerprint density at radius 3 is 2.56 bits per heavy atom. The van der Waals surface area contributed by atoms with Crippen molar-refractivity contribution in [2.75, 3.05) is 13.3 Å². The Morgan fingerprint density at radius 1 is 0.926 bits per heavy atom. The van der Waals surface area contributed by atoms with Gasteiger partial charge >= 0.3 is 0 Å². The van der Waals surface area contributed by atoms with Gasteiger partial charge in [-0.1, -0.05) is 49.6 Å². The fourth-order valence-electron chi connectivity index (χ4n) is 4.95. The molecule has 0 saturated heterocycles. The Labute approximate surface area is 160 Å². The lowest BCUT2D eigenvalue weighted by atomic mass is 9.68. The van der Waals surface area contributed by atoms with Crippen LogP contribution in [0.3, 0.4) is 0 Å². The van der Waals surface area contributed by atoms with Crippen LogP contribution in [0.4, 0.5) is 0 Å². The van der Waals surface area contributed by atoms with Crippen LogP contribution in [0.1, 0.15) is 48.8 Å². The lowest BCUT2D eigenvalue weighted by Gasteiger charge is -2.42. The number of rotatable bonds is 2. The summed E-state index contributed by atoms with van der Waals surface area (Å²) < 4.78 is 11.1. The van der Waals surface area contributed by atoms with E-state index in [0.29, 0.717) is 0 Å². The Bertz CT molecular complexity index is 870. The van der Waals surface area contributed by atoms with Gasteiger partial charge in [-0.15, -0.1) is 0 Å². The largest absolute Gasteiger partial charge is 0.454 e. The highest BCUT2D eigenvalue weighted by Crippen LogP contribution is 2.45. The first-order valence-electron chi connectivity index (χ1n) is 10.0. The van der Waals surface area contributed by atoms with E-state index in [1.54, 1.807) is 0 Å². The van der Waals surface area contributed by atoms with Crippen molar-refractivity contribution in [3.63, 3.8) is 0 Å². The van der Waals surface area contributed by atoms with Gasteiger partial charge in [-0.2, -0.15) is 0 Å². The van der Waals surface area contributed by atoms with E-state index in [2.05, 4.69) is 35.2 Å². The van der Waals surface area contributed by atoms with Crippen LogP contribution in [-0.4, -0.2) is 24.1 Å². The Hall–Kier alpha value is -2.49. The molecule has 1 saturated carbocycles. The number of hydrogen-bond acceptors (Lipinski definition) is 3. The highest BCUT2D eigenvalue weighted by atomic mass is 16.7. The molecule has 1 fully saturated rings. The van der Waals surface area contributed by atoms with E-state index in [1.165, 1.54) is 17.5 Å². The summed E-state index contributed by atoms with van der Waals surface area (Å²) in [6, 6.07) is 14.6. The molecule has 140 valence electrons. The minimum Gasteiger partial charge on any atom is -0.454 e. The molecule has 1 amide bonds. The summed E-state index contributed by atoms with van der Waals surface area (Å²) in [7, 11) is 0. The molecule has 0 atom stereocenters. The van der Waals surface area contributed by atoms with Crippen molar-refractivity contribution >= 4 is 5.91 Å². The average Bonchev–Trinajstić information content (AvgIpc) is 3.21. The Balaban J connectivity index is 1.49. The molecule has 2 aromatic carbocycles. The molecule has 5 rings (SSSR count). The van der Waals surface area contributed by atoms with Crippen molar-refractivity contribution in [3.8, 4) is 11.5 Å². The normalized spacial score (nSPS) is 20.2. The average molecular weight is 363 g/mol. The summed E-state index contributed by atoms with van der Waals surface area (Å²) in [5, 5.41) is 0. The van der Waals surface area contributed by atoms with Gasteiger partial charge in [0.05, 0.1) is 5.41 Å².